The molecule has 0 aromatic heterocycles. The zero-order valence-corrected chi connectivity index (χ0v) is 15.0. The van der Waals surface area contributed by atoms with Gasteiger partial charge in [0.1, 0.15) is 5.75 Å². The molecule has 0 spiro atoms. The third-order valence-electron chi connectivity index (χ3n) is 4.98. The summed E-state index contributed by atoms with van der Waals surface area (Å²) in [6.07, 6.45) is 6.47. The van der Waals surface area contributed by atoms with E-state index in [1.807, 2.05) is 0 Å². The predicted octanol–water partition coefficient (Wildman–Crippen LogP) is 2.52. The molecule has 2 aliphatic carbocycles. The van der Waals surface area contributed by atoms with E-state index in [4.69, 9.17) is 4.74 Å². The van der Waals surface area contributed by atoms with Crippen molar-refractivity contribution in [1.29, 1.82) is 0 Å². The van der Waals surface area contributed by atoms with Crippen LogP contribution in [-0.4, -0.2) is 29.0 Å². The van der Waals surface area contributed by atoms with Gasteiger partial charge in [-0.15, -0.1) is 0 Å². The largest absolute Gasteiger partial charge is 0.426 e. The Morgan fingerprint density at radius 3 is 2.44 bits per heavy atom. The van der Waals surface area contributed by atoms with Gasteiger partial charge in [-0.2, -0.15) is 10.1 Å². The van der Waals surface area contributed by atoms with Crippen molar-refractivity contribution in [2.24, 2.45) is 28.8 Å². The number of fused-ring (bicyclic) bond motifs is 5. The molecule has 1 aromatic rings. The Balaban J connectivity index is 1.53. The van der Waals surface area contributed by atoms with Gasteiger partial charge in [-0.05, 0) is 57.9 Å². The number of amides is 2. The molecule has 1 heterocycles. The first-order valence-corrected chi connectivity index (χ1v) is 8.83. The van der Waals surface area contributed by atoms with Crippen LogP contribution in [0.25, 0.3) is 0 Å². The number of carbonyl (C=O) groups is 3. The van der Waals surface area contributed by atoms with Crippen LogP contribution in [0.3, 0.4) is 0 Å². The highest BCUT2D eigenvalue weighted by Crippen LogP contribution is 2.52. The van der Waals surface area contributed by atoms with Crippen molar-refractivity contribution in [3.63, 3.8) is 0 Å². The van der Waals surface area contributed by atoms with E-state index in [9.17, 15) is 14.4 Å². The van der Waals surface area contributed by atoms with E-state index in [1.165, 1.54) is 13.1 Å². The first kappa shape index (κ1) is 16.2. The molecule has 4 rings (SSSR count). The zero-order valence-electron chi connectivity index (χ0n) is 13.4. The molecular formula is C18H15BrN2O4. The van der Waals surface area contributed by atoms with Crippen LogP contribution >= 0.6 is 15.9 Å². The molecule has 7 heteroatoms. The van der Waals surface area contributed by atoms with Gasteiger partial charge in [-0.25, -0.2) is 0 Å². The van der Waals surface area contributed by atoms with E-state index >= 15 is 0 Å². The highest BCUT2D eigenvalue weighted by molar-refractivity contribution is 9.10. The summed E-state index contributed by atoms with van der Waals surface area (Å²) in [5.74, 6) is -0.596. The highest BCUT2D eigenvalue weighted by Gasteiger charge is 2.59. The molecule has 3 aliphatic rings. The van der Waals surface area contributed by atoms with Crippen molar-refractivity contribution < 1.29 is 19.1 Å². The van der Waals surface area contributed by atoms with Crippen LogP contribution in [0.4, 0.5) is 0 Å². The molecule has 6 nitrogen and oxygen atoms in total. The smallest absolute Gasteiger partial charge is 0.308 e. The normalized spacial score (nSPS) is 29.8. The molecule has 2 amide bonds. The lowest BCUT2D eigenvalue weighted by atomic mass is 9.85. The summed E-state index contributed by atoms with van der Waals surface area (Å²) in [5, 5.41) is 5.13. The second-order valence-corrected chi connectivity index (χ2v) is 7.37. The Morgan fingerprint density at radius 2 is 1.88 bits per heavy atom. The summed E-state index contributed by atoms with van der Waals surface area (Å²) in [6, 6.07) is 5.03. The molecule has 4 unspecified atom stereocenters. The molecular weight excluding hydrogens is 388 g/mol. The third kappa shape index (κ3) is 2.63. The minimum Gasteiger partial charge on any atom is -0.426 e. The fourth-order valence-electron chi connectivity index (χ4n) is 3.96. The first-order chi connectivity index (χ1) is 12.0. The van der Waals surface area contributed by atoms with Crippen LogP contribution in [0.1, 0.15) is 18.9 Å². The van der Waals surface area contributed by atoms with Crippen molar-refractivity contribution in [3.8, 4) is 5.75 Å². The molecule has 2 fully saturated rings. The number of hydrazone groups is 1. The minimum atomic E-state index is -0.412. The van der Waals surface area contributed by atoms with Crippen molar-refractivity contribution in [3.05, 3.63) is 40.4 Å². The van der Waals surface area contributed by atoms with Crippen LogP contribution in [0.15, 0.2) is 39.9 Å². The average molecular weight is 403 g/mol. The zero-order chi connectivity index (χ0) is 17.7. The predicted molar refractivity (Wildman–Crippen MR) is 92.6 cm³/mol. The van der Waals surface area contributed by atoms with E-state index in [0.29, 0.717) is 15.8 Å². The van der Waals surface area contributed by atoms with E-state index in [1.54, 1.807) is 18.2 Å². The maximum absolute atomic E-state index is 12.5. The average Bonchev–Trinajstić information content (AvgIpc) is 3.23. The van der Waals surface area contributed by atoms with Gasteiger partial charge < -0.3 is 4.74 Å². The number of imide groups is 1. The van der Waals surface area contributed by atoms with Crippen LogP contribution in [0.5, 0.6) is 5.75 Å². The topological polar surface area (TPSA) is 76.0 Å². The molecule has 0 radical (unpaired) electrons. The number of rotatable bonds is 3. The molecule has 1 aliphatic heterocycles. The molecule has 1 saturated heterocycles. The number of benzene rings is 1. The summed E-state index contributed by atoms with van der Waals surface area (Å²) in [6.45, 7) is 1.32. The quantitative estimate of drug-likeness (QED) is 0.256. The lowest BCUT2D eigenvalue weighted by Gasteiger charge is -2.13. The first-order valence-electron chi connectivity index (χ1n) is 8.04. The van der Waals surface area contributed by atoms with Crippen molar-refractivity contribution in [2.75, 3.05) is 0 Å². The summed E-state index contributed by atoms with van der Waals surface area (Å²) in [5.41, 5.74) is 0.682. The van der Waals surface area contributed by atoms with Gasteiger partial charge in [-0.3, -0.25) is 14.4 Å². The van der Waals surface area contributed by atoms with Gasteiger partial charge in [0.05, 0.1) is 22.5 Å². The number of hydrogen-bond donors (Lipinski definition) is 0. The Bertz CT molecular complexity index is 817. The van der Waals surface area contributed by atoms with E-state index in [2.05, 4.69) is 33.2 Å². The number of nitrogens with zero attached hydrogens (tertiary/aromatic N) is 2. The molecule has 4 atom stereocenters. The molecule has 1 saturated carbocycles. The SMILES string of the molecule is CC(=O)Oc1ccc(C=NN2C(=O)C3C4C=CC(C4)C3C2=O)cc1Br. The molecule has 0 N–H and O–H groups in total. The van der Waals surface area contributed by atoms with Crippen molar-refractivity contribution in [2.45, 2.75) is 13.3 Å². The fraction of sp³-hybridized carbons (Fsp3) is 0.333. The van der Waals surface area contributed by atoms with Crippen molar-refractivity contribution >= 4 is 39.9 Å². The summed E-state index contributed by atoms with van der Waals surface area (Å²) in [7, 11) is 0. The number of hydrogen-bond acceptors (Lipinski definition) is 5. The second kappa shape index (κ2) is 5.91. The lowest BCUT2D eigenvalue weighted by molar-refractivity contribution is -0.140. The number of ether oxygens (including phenoxy) is 1. The van der Waals surface area contributed by atoms with Gasteiger partial charge in [-0.1, -0.05) is 12.2 Å². The van der Waals surface area contributed by atoms with Gasteiger partial charge in [0.15, 0.2) is 0 Å². The summed E-state index contributed by atoms with van der Waals surface area (Å²) in [4.78, 5) is 36.1. The Kier molecular flexibility index (Phi) is 3.83. The van der Waals surface area contributed by atoms with Gasteiger partial charge in [0.25, 0.3) is 11.8 Å². The van der Waals surface area contributed by atoms with Crippen LogP contribution < -0.4 is 4.74 Å². The van der Waals surface area contributed by atoms with Gasteiger partial charge in [0.2, 0.25) is 0 Å². The van der Waals surface area contributed by atoms with E-state index in [-0.39, 0.29) is 35.5 Å². The summed E-state index contributed by atoms with van der Waals surface area (Å²) < 4.78 is 5.62. The standard InChI is InChI=1S/C18H15BrN2O4/c1-9(22)25-14-5-2-10(6-13(14)19)8-20-21-17(23)15-11-3-4-12(7-11)16(15)18(21)24/h2-6,8,11-12,15-16H,7H2,1H3. The fourth-order valence-corrected chi connectivity index (χ4v) is 4.44. The number of esters is 1. The Hall–Kier alpha value is -2.28. The monoisotopic (exact) mass is 402 g/mol. The maximum atomic E-state index is 12.5. The van der Waals surface area contributed by atoms with Crippen molar-refractivity contribution in [1.82, 2.24) is 5.01 Å². The molecule has 2 bridgehead atoms. The van der Waals surface area contributed by atoms with Crippen LogP contribution in [-0.2, 0) is 14.4 Å². The van der Waals surface area contributed by atoms with Crippen LogP contribution in [0, 0.1) is 23.7 Å². The number of allylic oxidation sites excluding steroid dienone is 2. The minimum absolute atomic E-state index is 0.170. The maximum Gasteiger partial charge on any atom is 0.308 e. The van der Waals surface area contributed by atoms with E-state index < -0.39 is 5.97 Å². The Morgan fingerprint density at radius 1 is 1.24 bits per heavy atom. The number of halogens is 1. The lowest BCUT2D eigenvalue weighted by Crippen LogP contribution is -2.28. The van der Waals surface area contributed by atoms with E-state index in [0.717, 1.165) is 11.4 Å². The third-order valence-corrected chi connectivity index (χ3v) is 5.60. The summed E-state index contributed by atoms with van der Waals surface area (Å²) >= 11 is 3.32. The second-order valence-electron chi connectivity index (χ2n) is 6.52. The van der Waals surface area contributed by atoms with Gasteiger partial charge >= 0.3 is 5.97 Å². The highest BCUT2D eigenvalue weighted by atomic mass is 79.9. The van der Waals surface area contributed by atoms with Crippen LogP contribution in [0.2, 0.25) is 0 Å². The van der Waals surface area contributed by atoms with Gasteiger partial charge in [0, 0.05) is 6.92 Å². The Labute approximate surface area is 152 Å². The molecule has 128 valence electrons. The number of carbonyl (C=O) groups excluding carboxylic acids is 3. The molecule has 25 heavy (non-hydrogen) atoms. The molecule has 1 aromatic carbocycles.